The number of fused-ring (bicyclic) bond motifs is 1. The number of esters is 1. The number of carbonyl (C=O) groups is 1. The van der Waals surface area contributed by atoms with Gasteiger partial charge in [-0.05, 0) is 43.6 Å². The summed E-state index contributed by atoms with van der Waals surface area (Å²) >= 11 is 0. The highest BCUT2D eigenvalue weighted by Gasteiger charge is 2.43. The molecule has 0 amide bonds. The van der Waals surface area contributed by atoms with Crippen LogP contribution in [0.4, 0.5) is 0 Å². The monoisotopic (exact) mass is 270 g/mol. The van der Waals surface area contributed by atoms with Crippen LogP contribution in [0.25, 0.3) is 0 Å². The van der Waals surface area contributed by atoms with Crippen molar-refractivity contribution < 1.29 is 9.53 Å². The first-order chi connectivity index (χ1) is 9.83. The fraction of sp³-hybridized carbons (Fsp3) is 0.500. The quantitative estimate of drug-likeness (QED) is 0.461. The molecule has 1 heterocycles. The zero-order valence-corrected chi connectivity index (χ0v) is 11.8. The summed E-state index contributed by atoms with van der Waals surface area (Å²) in [6.45, 7) is 0. The van der Waals surface area contributed by atoms with Crippen LogP contribution in [0.2, 0.25) is 0 Å². The van der Waals surface area contributed by atoms with Crippen molar-refractivity contribution in [3.05, 3.63) is 48.0 Å². The van der Waals surface area contributed by atoms with Gasteiger partial charge in [-0.25, -0.2) is 0 Å². The van der Waals surface area contributed by atoms with E-state index in [0.717, 1.165) is 19.3 Å². The van der Waals surface area contributed by atoms with Crippen molar-refractivity contribution in [1.82, 2.24) is 0 Å². The maximum Gasteiger partial charge on any atom is 0.306 e. The largest absolute Gasteiger partial charge is 0.462 e. The smallest absolute Gasteiger partial charge is 0.306 e. The molecule has 0 N–H and O–H groups in total. The molecule has 0 spiro atoms. The number of unbranched alkanes of at least 4 members (excludes halogenated alkanes) is 1. The van der Waals surface area contributed by atoms with Crippen LogP contribution in [-0.2, 0) is 16.0 Å². The second kappa shape index (κ2) is 6.25. The summed E-state index contributed by atoms with van der Waals surface area (Å²) in [5, 5.41) is 0. The van der Waals surface area contributed by atoms with Gasteiger partial charge in [0.1, 0.15) is 6.10 Å². The molecule has 20 heavy (non-hydrogen) atoms. The predicted octanol–water partition coefficient (Wildman–Crippen LogP) is 3.91. The van der Waals surface area contributed by atoms with Crippen molar-refractivity contribution in [3.8, 4) is 0 Å². The Balaban J connectivity index is 1.41. The molecular weight excluding hydrogens is 248 g/mol. The molecule has 1 aliphatic heterocycles. The van der Waals surface area contributed by atoms with Gasteiger partial charge in [-0.3, -0.25) is 4.79 Å². The average Bonchev–Trinajstić information content (AvgIpc) is 3.00. The fourth-order valence-corrected chi connectivity index (χ4v) is 3.48. The predicted molar refractivity (Wildman–Crippen MR) is 79.2 cm³/mol. The summed E-state index contributed by atoms with van der Waals surface area (Å²) in [6, 6.07) is 10.6. The number of allylic oxidation sites excluding steroid dienone is 2. The Morgan fingerprint density at radius 2 is 2.05 bits per heavy atom. The van der Waals surface area contributed by atoms with Crippen LogP contribution < -0.4 is 0 Å². The molecule has 1 saturated carbocycles. The van der Waals surface area contributed by atoms with Gasteiger partial charge in [0, 0.05) is 5.92 Å². The molecule has 106 valence electrons. The standard InChI is InChI=1S/C18H22O2/c19-18-13-16-15(11-12-17(16)20-18)10-6-2-5-9-14-7-3-1-4-8-14/h1,3-4,6-8,10,15-17H,2,5,9,11-13H2/b10-6+/t15?,16-,17+/m1/s1. The van der Waals surface area contributed by atoms with E-state index in [0.29, 0.717) is 18.3 Å². The van der Waals surface area contributed by atoms with E-state index in [-0.39, 0.29) is 12.1 Å². The molecule has 1 aromatic carbocycles. The zero-order chi connectivity index (χ0) is 13.8. The summed E-state index contributed by atoms with van der Waals surface area (Å²) < 4.78 is 5.33. The minimum Gasteiger partial charge on any atom is -0.462 e. The van der Waals surface area contributed by atoms with Crippen LogP contribution in [0.15, 0.2) is 42.5 Å². The molecule has 1 aliphatic carbocycles. The number of ether oxygens (including phenoxy) is 1. The third-order valence-electron chi connectivity index (χ3n) is 4.56. The van der Waals surface area contributed by atoms with Crippen molar-refractivity contribution in [2.75, 3.05) is 0 Å². The molecule has 1 saturated heterocycles. The number of benzene rings is 1. The van der Waals surface area contributed by atoms with Crippen LogP contribution >= 0.6 is 0 Å². The number of rotatable bonds is 5. The van der Waals surface area contributed by atoms with Crippen LogP contribution in [0.1, 0.15) is 37.7 Å². The topological polar surface area (TPSA) is 26.3 Å². The lowest BCUT2D eigenvalue weighted by molar-refractivity contribution is -0.141. The minimum atomic E-state index is 0.00202. The van der Waals surface area contributed by atoms with E-state index in [1.54, 1.807) is 0 Å². The third-order valence-corrected chi connectivity index (χ3v) is 4.56. The van der Waals surface area contributed by atoms with Gasteiger partial charge >= 0.3 is 5.97 Å². The summed E-state index contributed by atoms with van der Waals surface area (Å²) in [5.74, 6) is 1.01. The summed E-state index contributed by atoms with van der Waals surface area (Å²) in [5.41, 5.74) is 1.41. The van der Waals surface area contributed by atoms with Gasteiger partial charge in [-0.2, -0.15) is 0 Å². The molecule has 1 unspecified atom stereocenters. The lowest BCUT2D eigenvalue weighted by atomic mass is 9.92. The Labute approximate surface area is 120 Å². The van der Waals surface area contributed by atoms with Crippen molar-refractivity contribution in [1.29, 1.82) is 0 Å². The highest BCUT2D eigenvalue weighted by atomic mass is 16.5. The number of carbonyl (C=O) groups excluding carboxylic acids is 1. The highest BCUT2D eigenvalue weighted by Crippen LogP contribution is 2.41. The van der Waals surface area contributed by atoms with E-state index in [1.807, 2.05) is 0 Å². The Kier molecular flexibility index (Phi) is 4.19. The molecule has 2 fully saturated rings. The van der Waals surface area contributed by atoms with Gasteiger partial charge in [0.2, 0.25) is 0 Å². The van der Waals surface area contributed by atoms with Crippen LogP contribution in [-0.4, -0.2) is 12.1 Å². The van der Waals surface area contributed by atoms with Crippen molar-refractivity contribution in [2.45, 2.75) is 44.6 Å². The zero-order valence-electron chi connectivity index (χ0n) is 11.8. The number of hydrogen-bond donors (Lipinski definition) is 0. The van der Waals surface area contributed by atoms with Gasteiger partial charge < -0.3 is 4.74 Å². The van der Waals surface area contributed by atoms with Crippen LogP contribution in [0.3, 0.4) is 0 Å². The number of aryl methyl sites for hydroxylation is 1. The maximum absolute atomic E-state index is 11.3. The lowest BCUT2D eigenvalue weighted by Gasteiger charge is -2.11. The van der Waals surface area contributed by atoms with Gasteiger partial charge in [-0.15, -0.1) is 0 Å². The van der Waals surface area contributed by atoms with E-state index in [9.17, 15) is 4.79 Å². The van der Waals surface area contributed by atoms with E-state index >= 15 is 0 Å². The molecule has 1 aromatic rings. The molecule has 3 rings (SSSR count). The summed E-state index contributed by atoms with van der Waals surface area (Å²) in [7, 11) is 0. The Hall–Kier alpha value is -1.57. The molecule has 2 heteroatoms. The van der Waals surface area contributed by atoms with Crippen molar-refractivity contribution in [3.63, 3.8) is 0 Å². The second-order valence-electron chi connectivity index (χ2n) is 5.94. The SMILES string of the molecule is O=C1C[C@@H]2C(/C=C/CCCc3ccccc3)CC[C@@H]2O1. The minimum absolute atomic E-state index is 0.00202. The summed E-state index contributed by atoms with van der Waals surface area (Å²) in [6.07, 6.45) is 11.2. The summed E-state index contributed by atoms with van der Waals surface area (Å²) in [4.78, 5) is 11.3. The van der Waals surface area contributed by atoms with Crippen LogP contribution in [0, 0.1) is 11.8 Å². The van der Waals surface area contributed by atoms with E-state index in [2.05, 4.69) is 42.5 Å². The maximum atomic E-state index is 11.3. The molecule has 0 radical (unpaired) electrons. The third kappa shape index (κ3) is 3.12. The van der Waals surface area contributed by atoms with Crippen LogP contribution in [0.5, 0.6) is 0 Å². The Morgan fingerprint density at radius 3 is 2.90 bits per heavy atom. The van der Waals surface area contributed by atoms with Gasteiger partial charge in [-0.1, -0.05) is 42.5 Å². The first-order valence-corrected chi connectivity index (χ1v) is 7.73. The van der Waals surface area contributed by atoms with Crippen molar-refractivity contribution >= 4 is 5.97 Å². The van der Waals surface area contributed by atoms with Gasteiger partial charge in [0.15, 0.2) is 0 Å². The molecule has 0 aromatic heterocycles. The average molecular weight is 270 g/mol. The van der Waals surface area contributed by atoms with E-state index in [1.165, 1.54) is 18.4 Å². The first-order valence-electron chi connectivity index (χ1n) is 7.73. The molecule has 2 nitrogen and oxygen atoms in total. The Bertz CT molecular complexity index is 477. The number of hydrogen-bond acceptors (Lipinski definition) is 2. The lowest BCUT2D eigenvalue weighted by Crippen LogP contribution is -2.11. The normalized spacial score (nSPS) is 28.8. The van der Waals surface area contributed by atoms with E-state index < -0.39 is 0 Å². The van der Waals surface area contributed by atoms with Gasteiger partial charge in [0.05, 0.1) is 6.42 Å². The second-order valence-corrected chi connectivity index (χ2v) is 5.94. The van der Waals surface area contributed by atoms with Crippen molar-refractivity contribution in [2.24, 2.45) is 11.8 Å². The molecule has 3 atom stereocenters. The van der Waals surface area contributed by atoms with Gasteiger partial charge in [0.25, 0.3) is 0 Å². The molecule has 0 bridgehead atoms. The molecule has 2 aliphatic rings. The first kappa shape index (κ1) is 13.4. The Morgan fingerprint density at radius 1 is 1.20 bits per heavy atom. The highest BCUT2D eigenvalue weighted by molar-refractivity contribution is 5.72. The molecular formula is C18H22O2. The van der Waals surface area contributed by atoms with E-state index in [4.69, 9.17) is 4.74 Å². The fourth-order valence-electron chi connectivity index (χ4n) is 3.48.